The molecular weight excluding hydrogens is 487 g/mol. The van der Waals surface area contributed by atoms with Crippen LogP contribution in [0.4, 0.5) is 5.69 Å². The van der Waals surface area contributed by atoms with Crippen molar-refractivity contribution in [2.75, 3.05) is 32.0 Å². The lowest BCUT2D eigenvalue weighted by Crippen LogP contribution is -2.51. The highest BCUT2D eigenvalue weighted by Gasteiger charge is 2.30. The monoisotopic (exact) mass is 514 g/mol. The molecule has 0 atom stereocenters. The number of piperidine rings is 1. The third-order valence-electron chi connectivity index (χ3n) is 6.82. The van der Waals surface area contributed by atoms with Gasteiger partial charge in [0.15, 0.2) is 0 Å². The number of hydrogen-bond acceptors (Lipinski definition) is 7. The first-order valence-electron chi connectivity index (χ1n) is 11.7. The molecule has 0 radical (unpaired) electrons. The molecule has 0 aliphatic carbocycles. The molecule has 2 aliphatic heterocycles. The van der Waals surface area contributed by atoms with E-state index in [1.165, 1.54) is 0 Å². The Labute approximate surface area is 214 Å². The van der Waals surface area contributed by atoms with Crippen molar-refractivity contribution in [3.63, 3.8) is 0 Å². The smallest absolute Gasteiger partial charge is 0.120 e. The highest BCUT2D eigenvalue weighted by atomic mass is 35.5. The molecule has 0 unspecified atom stereocenters. The summed E-state index contributed by atoms with van der Waals surface area (Å²) in [7, 11) is 0. The van der Waals surface area contributed by atoms with Crippen molar-refractivity contribution in [3.05, 3.63) is 69.2 Å². The molecule has 10 heteroatoms. The van der Waals surface area contributed by atoms with Crippen LogP contribution in [0.2, 0.25) is 10.0 Å². The minimum Gasteiger partial charge on any atom is -0.489 e. The normalized spacial score (nSPS) is 17.3. The maximum atomic E-state index is 8.79. The molecule has 5 rings (SSSR count). The Kier molecular flexibility index (Phi) is 6.98. The molecule has 0 bridgehead atoms. The van der Waals surface area contributed by atoms with E-state index in [0.29, 0.717) is 56.1 Å². The predicted molar refractivity (Wildman–Crippen MR) is 137 cm³/mol. The van der Waals surface area contributed by atoms with Crippen molar-refractivity contribution in [1.29, 1.82) is 5.41 Å². The molecule has 1 aromatic carbocycles. The zero-order chi connectivity index (χ0) is 24.5. The first-order chi connectivity index (χ1) is 16.9. The van der Waals surface area contributed by atoms with Crippen molar-refractivity contribution in [3.8, 4) is 5.75 Å². The summed E-state index contributed by atoms with van der Waals surface area (Å²) in [6.45, 7) is 5.78. The van der Waals surface area contributed by atoms with Crippen molar-refractivity contribution < 1.29 is 9.47 Å². The topological polar surface area (TPSA) is 102 Å². The number of anilines is 1. The number of ether oxygens (including phenoxy) is 2. The van der Waals surface area contributed by atoms with E-state index in [-0.39, 0.29) is 6.61 Å². The van der Waals surface area contributed by atoms with E-state index in [1.807, 2.05) is 17.8 Å². The third kappa shape index (κ3) is 5.02. The molecule has 0 saturated carbocycles. The van der Waals surface area contributed by atoms with Crippen LogP contribution in [0.1, 0.15) is 41.3 Å². The molecule has 2 aromatic heterocycles. The van der Waals surface area contributed by atoms with Crippen molar-refractivity contribution in [2.45, 2.75) is 38.5 Å². The summed E-state index contributed by atoms with van der Waals surface area (Å²) in [5.41, 5.74) is 9.70. The van der Waals surface area contributed by atoms with E-state index in [4.69, 9.17) is 43.8 Å². The summed E-state index contributed by atoms with van der Waals surface area (Å²) in [5, 5.41) is 14.3. The van der Waals surface area contributed by atoms with Gasteiger partial charge >= 0.3 is 0 Å². The average Bonchev–Trinajstić information content (AvgIpc) is 3.32. The van der Waals surface area contributed by atoms with Crippen molar-refractivity contribution in [2.24, 2.45) is 0 Å². The number of likely N-dealkylation sites (tertiary alicyclic amines) is 1. The summed E-state index contributed by atoms with van der Waals surface area (Å²) in [6.07, 6.45) is 7.32. The van der Waals surface area contributed by atoms with Crippen molar-refractivity contribution in [1.82, 2.24) is 19.7 Å². The van der Waals surface area contributed by atoms with Gasteiger partial charge in [0.1, 0.15) is 12.4 Å². The predicted octanol–water partition coefficient (Wildman–Crippen LogP) is 4.51. The highest BCUT2D eigenvalue weighted by molar-refractivity contribution is 6.36. The maximum Gasteiger partial charge on any atom is 0.120 e. The molecule has 2 fully saturated rings. The van der Waals surface area contributed by atoms with Gasteiger partial charge in [-0.1, -0.05) is 23.2 Å². The first-order valence-corrected chi connectivity index (χ1v) is 12.4. The lowest BCUT2D eigenvalue weighted by atomic mass is 10.0. The molecule has 4 heterocycles. The number of nitrogen functional groups attached to an aromatic ring is 1. The Bertz CT molecular complexity index is 1230. The number of aryl methyl sites for hydroxylation is 1. The van der Waals surface area contributed by atoms with E-state index in [2.05, 4.69) is 15.0 Å². The minimum absolute atomic E-state index is 0.182. The molecule has 3 aromatic rings. The number of hydrogen-bond donors (Lipinski definition) is 2. The van der Waals surface area contributed by atoms with Crippen LogP contribution in [0.25, 0.3) is 0 Å². The molecule has 35 heavy (non-hydrogen) atoms. The van der Waals surface area contributed by atoms with Gasteiger partial charge in [0.2, 0.25) is 0 Å². The third-order valence-corrected chi connectivity index (χ3v) is 7.65. The summed E-state index contributed by atoms with van der Waals surface area (Å²) < 4.78 is 13.3. The number of aromatic nitrogens is 3. The number of halogens is 2. The van der Waals surface area contributed by atoms with E-state index in [1.54, 1.807) is 30.6 Å². The SMILES string of the molecule is Cc1ncc(Cl)c(COc2ccc(N)c(C(=N)c3cnn(C4CCN(C5COC5)CC4)c3)c2)c1Cl. The van der Waals surface area contributed by atoms with Crippen molar-refractivity contribution >= 4 is 34.6 Å². The van der Waals surface area contributed by atoms with Crippen LogP contribution in [0.5, 0.6) is 5.75 Å². The van der Waals surface area contributed by atoms with Crippen LogP contribution < -0.4 is 10.5 Å². The standard InChI is InChI=1S/C25H28Cl2N6O2/c1-15-24(27)21(22(26)10-30-15)14-35-19-2-3-23(28)20(8-19)25(29)16-9-31-33(11-16)17-4-6-32(7-5-17)18-12-34-13-18/h2-3,8-11,17-18,29H,4-7,12-14,28H2,1H3. The Morgan fingerprint density at radius 3 is 2.69 bits per heavy atom. The maximum absolute atomic E-state index is 8.79. The average molecular weight is 515 g/mol. The van der Waals surface area contributed by atoms with Gasteiger partial charge in [-0.25, -0.2) is 0 Å². The van der Waals surface area contributed by atoms with Crippen LogP contribution in [0.3, 0.4) is 0 Å². The molecule has 184 valence electrons. The second-order valence-corrected chi connectivity index (χ2v) is 9.85. The number of nitrogens with one attached hydrogen (secondary N) is 1. The quantitative estimate of drug-likeness (QED) is 0.355. The fraction of sp³-hybridized carbons (Fsp3) is 0.400. The minimum atomic E-state index is 0.182. The number of nitrogens with zero attached hydrogens (tertiary/aromatic N) is 4. The number of pyridine rings is 1. The Hall–Kier alpha value is -2.65. The fourth-order valence-corrected chi connectivity index (χ4v) is 4.96. The Morgan fingerprint density at radius 2 is 1.97 bits per heavy atom. The summed E-state index contributed by atoms with van der Waals surface area (Å²) in [4.78, 5) is 6.66. The molecular formula is C25H28Cl2N6O2. The van der Waals surface area contributed by atoms with Gasteiger partial charge in [-0.05, 0) is 38.0 Å². The Morgan fingerprint density at radius 1 is 1.20 bits per heavy atom. The van der Waals surface area contributed by atoms with E-state index < -0.39 is 0 Å². The van der Waals surface area contributed by atoms with Crippen LogP contribution >= 0.6 is 23.2 Å². The van der Waals surface area contributed by atoms with Gasteiger partial charge in [0.25, 0.3) is 0 Å². The lowest BCUT2D eigenvalue weighted by molar-refractivity contribution is -0.0734. The van der Waals surface area contributed by atoms with Crippen LogP contribution in [-0.2, 0) is 11.3 Å². The van der Waals surface area contributed by atoms with Gasteiger partial charge in [-0.2, -0.15) is 5.10 Å². The zero-order valence-corrected chi connectivity index (χ0v) is 21.0. The van der Waals surface area contributed by atoms with E-state index in [9.17, 15) is 0 Å². The molecule has 2 saturated heterocycles. The van der Waals surface area contributed by atoms with E-state index >= 15 is 0 Å². The van der Waals surface area contributed by atoms with Gasteiger partial charge in [-0.15, -0.1) is 0 Å². The van der Waals surface area contributed by atoms with Crippen LogP contribution in [-0.4, -0.2) is 57.7 Å². The molecule has 8 nitrogen and oxygen atoms in total. The second kappa shape index (κ2) is 10.1. The summed E-state index contributed by atoms with van der Waals surface area (Å²) in [5.74, 6) is 0.570. The lowest BCUT2D eigenvalue weighted by Gasteiger charge is -2.41. The summed E-state index contributed by atoms with van der Waals surface area (Å²) >= 11 is 12.6. The molecule has 2 aliphatic rings. The highest BCUT2D eigenvalue weighted by Crippen LogP contribution is 2.30. The van der Waals surface area contributed by atoms with Gasteiger partial charge < -0.3 is 15.2 Å². The van der Waals surface area contributed by atoms with Gasteiger partial charge in [0.05, 0.1) is 52.9 Å². The van der Waals surface area contributed by atoms with E-state index in [0.717, 1.165) is 44.7 Å². The summed E-state index contributed by atoms with van der Waals surface area (Å²) in [6, 6.07) is 6.18. The first kappa shape index (κ1) is 24.1. The fourth-order valence-electron chi connectivity index (χ4n) is 4.51. The molecule has 0 amide bonds. The van der Waals surface area contributed by atoms with Gasteiger partial charge in [-0.3, -0.25) is 20.0 Å². The largest absolute Gasteiger partial charge is 0.489 e. The molecule has 0 spiro atoms. The van der Waals surface area contributed by atoms with Gasteiger partial charge in [0, 0.05) is 47.9 Å². The zero-order valence-electron chi connectivity index (χ0n) is 19.5. The number of rotatable bonds is 7. The number of benzene rings is 1. The molecule has 3 N–H and O–H groups in total. The van der Waals surface area contributed by atoms with Crippen LogP contribution in [0.15, 0.2) is 36.8 Å². The Balaban J connectivity index is 1.27. The number of nitrogens with two attached hydrogens (primary N) is 1. The second-order valence-electron chi connectivity index (χ2n) is 9.06. The van der Waals surface area contributed by atoms with Crippen LogP contribution in [0, 0.1) is 12.3 Å².